The maximum absolute atomic E-state index is 4.60. The van der Waals surface area contributed by atoms with Crippen LogP contribution in [0, 0.1) is 0 Å². The standard InChI is InChI=1S/C25H17N/c1-2-8-18(9-3-1)23-16-21-14-19-10-4-5-11-20(19)15-22(21)17-24(23)25-12-6-7-13-26-25/h1-17H. The minimum Gasteiger partial charge on any atom is -0.256 e. The van der Waals surface area contributed by atoms with Gasteiger partial charge >= 0.3 is 0 Å². The smallest absolute Gasteiger partial charge is 0.0708 e. The van der Waals surface area contributed by atoms with Crippen molar-refractivity contribution in [2.45, 2.75) is 0 Å². The molecule has 5 aromatic rings. The summed E-state index contributed by atoms with van der Waals surface area (Å²) in [5.41, 5.74) is 4.59. The van der Waals surface area contributed by atoms with Gasteiger partial charge in [0.05, 0.1) is 5.69 Å². The number of rotatable bonds is 2. The van der Waals surface area contributed by atoms with E-state index in [0.29, 0.717) is 0 Å². The van der Waals surface area contributed by atoms with Crippen molar-refractivity contribution in [3.8, 4) is 22.4 Å². The molecule has 0 unspecified atom stereocenters. The second-order valence-corrected chi connectivity index (χ2v) is 6.53. The number of nitrogens with zero attached hydrogens (tertiary/aromatic N) is 1. The first-order valence-electron chi connectivity index (χ1n) is 8.82. The van der Waals surface area contributed by atoms with Crippen molar-refractivity contribution in [1.82, 2.24) is 4.98 Å². The second-order valence-electron chi connectivity index (χ2n) is 6.53. The highest BCUT2D eigenvalue weighted by Gasteiger charge is 2.11. The SMILES string of the molecule is c1ccc(-c2cc3cc4ccccc4cc3cc2-c2ccccn2)cc1. The van der Waals surface area contributed by atoms with Crippen LogP contribution < -0.4 is 0 Å². The predicted octanol–water partition coefficient (Wildman–Crippen LogP) is 6.72. The lowest BCUT2D eigenvalue weighted by atomic mass is 9.92. The summed E-state index contributed by atoms with van der Waals surface area (Å²) in [6, 6.07) is 34.3. The molecule has 122 valence electrons. The van der Waals surface area contributed by atoms with Crippen LogP contribution >= 0.6 is 0 Å². The van der Waals surface area contributed by atoms with E-state index in [1.807, 2.05) is 18.3 Å². The third kappa shape index (κ3) is 2.55. The molecule has 0 aliphatic heterocycles. The van der Waals surface area contributed by atoms with Crippen LogP contribution in [0.4, 0.5) is 0 Å². The van der Waals surface area contributed by atoms with Gasteiger partial charge in [-0.05, 0) is 69.1 Å². The van der Waals surface area contributed by atoms with E-state index in [1.54, 1.807) is 0 Å². The summed E-state index contributed by atoms with van der Waals surface area (Å²) >= 11 is 0. The fourth-order valence-corrected chi connectivity index (χ4v) is 3.58. The van der Waals surface area contributed by atoms with Gasteiger partial charge in [0.1, 0.15) is 0 Å². The molecule has 5 rings (SSSR count). The van der Waals surface area contributed by atoms with Crippen molar-refractivity contribution in [3.05, 3.63) is 103 Å². The van der Waals surface area contributed by atoms with E-state index >= 15 is 0 Å². The number of hydrogen-bond donors (Lipinski definition) is 0. The molecule has 1 aromatic heterocycles. The molecule has 0 atom stereocenters. The number of benzene rings is 4. The van der Waals surface area contributed by atoms with Gasteiger partial charge in [0.2, 0.25) is 0 Å². The van der Waals surface area contributed by atoms with Gasteiger partial charge in [-0.15, -0.1) is 0 Å². The summed E-state index contributed by atoms with van der Waals surface area (Å²) in [4.78, 5) is 4.60. The molecule has 0 saturated heterocycles. The van der Waals surface area contributed by atoms with E-state index in [0.717, 1.165) is 5.69 Å². The van der Waals surface area contributed by atoms with E-state index in [4.69, 9.17) is 0 Å². The van der Waals surface area contributed by atoms with Crippen molar-refractivity contribution in [3.63, 3.8) is 0 Å². The lowest BCUT2D eigenvalue weighted by Crippen LogP contribution is -1.89. The maximum Gasteiger partial charge on any atom is 0.0708 e. The fourth-order valence-electron chi connectivity index (χ4n) is 3.58. The summed E-state index contributed by atoms with van der Waals surface area (Å²) in [5.74, 6) is 0. The van der Waals surface area contributed by atoms with Gasteiger partial charge in [0.15, 0.2) is 0 Å². The van der Waals surface area contributed by atoms with E-state index in [2.05, 4.69) is 89.9 Å². The number of aromatic nitrogens is 1. The normalized spacial score (nSPS) is 11.1. The van der Waals surface area contributed by atoms with Crippen molar-refractivity contribution < 1.29 is 0 Å². The van der Waals surface area contributed by atoms with Gasteiger partial charge in [-0.1, -0.05) is 60.7 Å². The summed E-state index contributed by atoms with van der Waals surface area (Å²) in [6.07, 6.45) is 1.86. The molecule has 1 nitrogen and oxygen atoms in total. The number of fused-ring (bicyclic) bond motifs is 2. The van der Waals surface area contributed by atoms with Gasteiger partial charge in [0.25, 0.3) is 0 Å². The molecule has 0 N–H and O–H groups in total. The zero-order valence-electron chi connectivity index (χ0n) is 14.3. The number of hydrogen-bond acceptors (Lipinski definition) is 1. The molecule has 0 spiro atoms. The van der Waals surface area contributed by atoms with Gasteiger partial charge < -0.3 is 0 Å². The Kier molecular flexibility index (Phi) is 3.50. The molecule has 0 radical (unpaired) electrons. The monoisotopic (exact) mass is 331 g/mol. The maximum atomic E-state index is 4.60. The van der Waals surface area contributed by atoms with Crippen LogP contribution in [-0.4, -0.2) is 4.98 Å². The van der Waals surface area contributed by atoms with Gasteiger partial charge in [0, 0.05) is 11.8 Å². The third-order valence-electron chi connectivity index (χ3n) is 4.87. The van der Waals surface area contributed by atoms with Gasteiger partial charge in [-0.3, -0.25) is 4.98 Å². The van der Waals surface area contributed by atoms with E-state index in [-0.39, 0.29) is 0 Å². The zero-order valence-corrected chi connectivity index (χ0v) is 14.3. The minimum absolute atomic E-state index is 1.00. The Hall–Kier alpha value is -3.45. The van der Waals surface area contributed by atoms with Crippen LogP contribution in [0.3, 0.4) is 0 Å². The van der Waals surface area contributed by atoms with Crippen molar-refractivity contribution in [2.24, 2.45) is 0 Å². The molecule has 0 amide bonds. The lowest BCUT2D eigenvalue weighted by molar-refractivity contribution is 1.33. The Labute approximate surface area is 152 Å². The first kappa shape index (κ1) is 14.9. The zero-order chi connectivity index (χ0) is 17.3. The molecule has 1 heterocycles. The predicted molar refractivity (Wildman–Crippen MR) is 110 cm³/mol. The van der Waals surface area contributed by atoms with E-state index in [1.165, 1.54) is 38.2 Å². The highest BCUT2D eigenvalue weighted by atomic mass is 14.7. The van der Waals surface area contributed by atoms with Gasteiger partial charge in [-0.25, -0.2) is 0 Å². The molecular weight excluding hydrogens is 314 g/mol. The van der Waals surface area contributed by atoms with Crippen LogP contribution in [0.5, 0.6) is 0 Å². The quantitative estimate of drug-likeness (QED) is 0.327. The molecule has 0 bridgehead atoms. The Morgan fingerprint density at radius 3 is 1.73 bits per heavy atom. The first-order chi connectivity index (χ1) is 12.9. The Balaban J connectivity index is 1.86. The summed E-state index contributed by atoms with van der Waals surface area (Å²) in [7, 11) is 0. The molecule has 0 fully saturated rings. The molecule has 26 heavy (non-hydrogen) atoms. The summed E-state index contributed by atoms with van der Waals surface area (Å²) in [6.45, 7) is 0. The molecule has 4 aromatic carbocycles. The average Bonchev–Trinajstić information content (AvgIpc) is 2.72. The fraction of sp³-hybridized carbons (Fsp3) is 0. The Morgan fingerprint density at radius 2 is 1.08 bits per heavy atom. The van der Waals surface area contributed by atoms with Crippen LogP contribution in [0.1, 0.15) is 0 Å². The minimum atomic E-state index is 1.00. The second kappa shape index (κ2) is 6.12. The topological polar surface area (TPSA) is 12.9 Å². The van der Waals surface area contributed by atoms with Crippen LogP contribution in [0.15, 0.2) is 103 Å². The van der Waals surface area contributed by atoms with Crippen LogP contribution in [0.25, 0.3) is 43.9 Å². The van der Waals surface area contributed by atoms with E-state index in [9.17, 15) is 0 Å². The molecular formula is C25H17N. The van der Waals surface area contributed by atoms with Crippen molar-refractivity contribution in [1.29, 1.82) is 0 Å². The van der Waals surface area contributed by atoms with E-state index < -0.39 is 0 Å². The van der Waals surface area contributed by atoms with Crippen LogP contribution in [-0.2, 0) is 0 Å². The Bertz CT molecular complexity index is 1110. The first-order valence-corrected chi connectivity index (χ1v) is 8.82. The number of pyridine rings is 1. The Morgan fingerprint density at radius 1 is 0.462 bits per heavy atom. The third-order valence-corrected chi connectivity index (χ3v) is 4.87. The van der Waals surface area contributed by atoms with Crippen LogP contribution in [0.2, 0.25) is 0 Å². The highest BCUT2D eigenvalue weighted by Crippen LogP contribution is 2.36. The van der Waals surface area contributed by atoms with Gasteiger partial charge in [-0.2, -0.15) is 0 Å². The lowest BCUT2D eigenvalue weighted by Gasteiger charge is -2.13. The highest BCUT2D eigenvalue weighted by molar-refractivity contribution is 6.03. The summed E-state index contributed by atoms with van der Waals surface area (Å²) in [5, 5.41) is 5.02. The van der Waals surface area contributed by atoms with Crippen molar-refractivity contribution >= 4 is 21.5 Å². The summed E-state index contributed by atoms with van der Waals surface area (Å²) < 4.78 is 0. The van der Waals surface area contributed by atoms with Crippen molar-refractivity contribution in [2.75, 3.05) is 0 Å². The largest absolute Gasteiger partial charge is 0.256 e. The molecule has 0 aliphatic rings. The average molecular weight is 331 g/mol. The molecule has 0 aliphatic carbocycles. The molecule has 0 saturated carbocycles. The molecule has 1 heteroatoms.